The SMILES string of the molecule is C=CCNC(=O)C(=O)C(C)NC=O.CCC.CCCCCCC(C)C(CC(=O)N1CCCC1C)NC(=O)OC(CC)C(C)CC.CCl.CCl. The maximum absolute atomic E-state index is 12.9. The zero-order valence-electron chi connectivity index (χ0n) is 32.7. The van der Waals surface area contributed by atoms with Gasteiger partial charge in [0.25, 0.3) is 5.91 Å². The second kappa shape index (κ2) is 36.9. The van der Waals surface area contributed by atoms with Gasteiger partial charge in [-0.2, -0.15) is 0 Å². The highest BCUT2D eigenvalue weighted by Crippen LogP contribution is 2.22. The smallest absolute Gasteiger partial charge is 0.407 e. The molecule has 0 aromatic rings. The first-order chi connectivity index (χ1) is 23.4. The molecule has 0 spiro atoms. The largest absolute Gasteiger partial charge is 0.446 e. The summed E-state index contributed by atoms with van der Waals surface area (Å²) in [5.74, 6) is -0.641. The van der Waals surface area contributed by atoms with Gasteiger partial charge in [-0.25, -0.2) is 4.79 Å². The van der Waals surface area contributed by atoms with Gasteiger partial charge >= 0.3 is 6.09 Å². The van der Waals surface area contributed by atoms with Gasteiger partial charge in [0.1, 0.15) is 6.10 Å². The number of hydrogen-bond donors (Lipinski definition) is 3. The number of rotatable bonds is 19. The Morgan fingerprint density at radius 2 is 1.53 bits per heavy atom. The summed E-state index contributed by atoms with van der Waals surface area (Å²) in [6.45, 7) is 22.9. The number of alkyl halides is 2. The van der Waals surface area contributed by atoms with E-state index in [1.54, 1.807) is 0 Å². The maximum atomic E-state index is 12.9. The molecule has 0 aromatic heterocycles. The van der Waals surface area contributed by atoms with Gasteiger partial charge in [0, 0.05) is 44.4 Å². The van der Waals surface area contributed by atoms with E-state index in [0.717, 1.165) is 45.1 Å². The molecule has 10 nitrogen and oxygen atoms in total. The van der Waals surface area contributed by atoms with E-state index < -0.39 is 17.7 Å². The minimum Gasteiger partial charge on any atom is -0.446 e. The molecule has 4 amide bonds. The second-order valence-corrected chi connectivity index (χ2v) is 12.2. The Hall–Kier alpha value is -2.33. The summed E-state index contributed by atoms with van der Waals surface area (Å²) in [6.07, 6.45) is 15.7. The highest BCUT2D eigenvalue weighted by molar-refractivity contribution is 6.38. The summed E-state index contributed by atoms with van der Waals surface area (Å²) < 4.78 is 5.73. The number of carbonyl (C=O) groups excluding carboxylic acids is 5. The Bertz CT molecular complexity index is 865. The van der Waals surface area contributed by atoms with Crippen molar-refractivity contribution in [2.45, 2.75) is 157 Å². The number of Topliss-reactive ketones (excluding diaryl/α,β-unsaturated/α-hetero) is 1. The molecule has 0 radical (unpaired) electrons. The van der Waals surface area contributed by atoms with Crippen LogP contribution in [0, 0.1) is 11.8 Å². The molecule has 1 saturated heterocycles. The zero-order valence-corrected chi connectivity index (χ0v) is 34.2. The number of hydrogen-bond acceptors (Lipinski definition) is 6. The maximum Gasteiger partial charge on any atom is 0.407 e. The van der Waals surface area contributed by atoms with E-state index in [0.29, 0.717) is 24.8 Å². The first kappa shape index (κ1) is 53.5. The van der Waals surface area contributed by atoms with Crippen molar-refractivity contribution in [3.05, 3.63) is 12.7 Å². The van der Waals surface area contributed by atoms with Crippen LogP contribution in [0.5, 0.6) is 0 Å². The van der Waals surface area contributed by atoms with Crippen LogP contribution in [0.4, 0.5) is 4.79 Å². The van der Waals surface area contributed by atoms with Crippen LogP contribution in [-0.4, -0.2) is 85.1 Å². The average molecular weight is 740 g/mol. The van der Waals surface area contributed by atoms with Gasteiger partial charge in [0.05, 0.1) is 6.04 Å². The Kier molecular flexibility index (Phi) is 40.3. The Morgan fingerprint density at radius 1 is 0.939 bits per heavy atom. The van der Waals surface area contributed by atoms with Crippen LogP contribution >= 0.6 is 23.2 Å². The molecule has 3 N–H and O–H groups in total. The van der Waals surface area contributed by atoms with Crippen LogP contribution in [0.1, 0.15) is 133 Å². The predicted octanol–water partition coefficient (Wildman–Crippen LogP) is 8.03. The average Bonchev–Trinajstić information content (AvgIpc) is 3.55. The summed E-state index contributed by atoms with van der Waals surface area (Å²) in [7, 11) is 0. The molecule has 1 aliphatic heterocycles. The quantitative estimate of drug-likeness (QED) is 0.0404. The predicted molar refractivity (Wildman–Crippen MR) is 206 cm³/mol. The fraction of sp³-hybridized carbons (Fsp3) is 0.811. The van der Waals surface area contributed by atoms with Gasteiger partial charge in [0.2, 0.25) is 18.1 Å². The number of amides is 4. The molecule has 49 heavy (non-hydrogen) atoms. The van der Waals surface area contributed by atoms with Crippen molar-refractivity contribution in [2.75, 3.05) is 25.9 Å². The number of likely N-dealkylation sites (tertiary alicyclic amines) is 1. The van der Waals surface area contributed by atoms with E-state index in [1.165, 1.54) is 51.4 Å². The monoisotopic (exact) mass is 738 g/mol. The number of unbranched alkanes of at least 4 members (excludes halogenated alkanes) is 3. The number of nitrogens with zero attached hydrogens (tertiary/aromatic N) is 1. The van der Waals surface area contributed by atoms with Crippen molar-refractivity contribution in [1.29, 1.82) is 0 Å². The molecular weight excluding hydrogens is 667 g/mol. The van der Waals surface area contributed by atoms with Gasteiger partial charge in [-0.3, -0.25) is 19.2 Å². The van der Waals surface area contributed by atoms with Crippen molar-refractivity contribution >= 4 is 53.3 Å². The standard InChI is InChI=1S/C24H46N2O3.C8H12N2O3.C3H8.2CH3Cl/c1-7-10-11-12-14-19(5)21(17-23(27)26-16-13-15-20(26)6)25-24(28)29-22(9-3)18(4)8-2;1-3-4-9-8(13)7(12)6(2)10-5-11;1-3-2;2*1-2/h18-22H,7-17H2,1-6H3,(H,25,28);3,5-6H,1,4H2,2H3,(H,9,13)(H,10,11);3H2,1-2H3;2*1H3. The molecule has 6 atom stereocenters. The Balaban J connectivity index is -0.000000421. The number of ether oxygens (including phenoxy) is 1. The highest BCUT2D eigenvalue weighted by atomic mass is 35.5. The molecule has 1 rings (SSSR count). The van der Waals surface area contributed by atoms with E-state index in [1.807, 2.05) is 4.90 Å². The van der Waals surface area contributed by atoms with E-state index in [2.05, 4.69) is 101 Å². The van der Waals surface area contributed by atoms with Gasteiger partial charge in [-0.05, 0) is 51.4 Å². The zero-order chi connectivity index (χ0) is 38.8. The summed E-state index contributed by atoms with van der Waals surface area (Å²) in [5.41, 5.74) is 0. The minimum atomic E-state index is -0.790. The molecule has 12 heteroatoms. The van der Waals surface area contributed by atoms with Crippen LogP contribution in [-0.2, 0) is 23.9 Å². The summed E-state index contributed by atoms with van der Waals surface area (Å²) in [4.78, 5) is 59.5. The first-order valence-electron chi connectivity index (χ1n) is 18.0. The van der Waals surface area contributed by atoms with E-state index >= 15 is 0 Å². The lowest BCUT2D eigenvalue weighted by Crippen LogP contribution is -2.46. The van der Waals surface area contributed by atoms with Crippen molar-refractivity contribution in [3.8, 4) is 0 Å². The molecular formula is C37H72Cl2N4O6. The van der Waals surface area contributed by atoms with E-state index in [-0.39, 0.29) is 36.6 Å². The molecule has 1 heterocycles. The number of carbonyl (C=O) groups is 5. The Labute approximate surface area is 309 Å². The number of halogens is 2. The highest BCUT2D eigenvalue weighted by Gasteiger charge is 2.30. The van der Waals surface area contributed by atoms with Crippen LogP contribution in [0.15, 0.2) is 12.7 Å². The summed E-state index contributed by atoms with van der Waals surface area (Å²) in [6, 6.07) is -0.647. The lowest BCUT2D eigenvalue weighted by molar-refractivity contribution is -0.139. The normalized spacial score (nSPS) is 15.9. The topological polar surface area (TPSA) is 134 Å². The molecule has 290 valence electrons. The van der Waals surface area contributed by atoms with Crippen molar-refractivity contribution < 1.29 is 28.7 Å². The molecule has 0 aromatic carbocycles. The van der Waals surface area contributed by atoms with E-state index in [9.17, 15) is 24.0 Å². The van der Waals surface area contributed by atoms with Crippen molar-refractivity contribution in [2.24, 2.45) is 11.8 Å². The minimum absolute atomic E-state index is 0.0742. The molecule has 0 aliphatic carbocycles. The molecule has 0 saturated carbocycles. The molecule has 6 unspecified atom stereocenters. The molecule has 1 aliphatic rings. The van der Waals surface area contributed by atoms with Crippen LogP contribution in [0.25, 0.3) is 0 Å². The van der Waals surface area contributed by atoms with Crippen molar-refractivity contribution in [3.63, 3.8) is 0 Å². The fourth-order valence-corrected chi connectivity index (χ4v) is 4.91. The molecule has 1 fully saturated rings. The van der Waals surface area contributed by atoms with Gasteiger partial charge in [-0.15, -0.1) is 29.8 Å². The van der Waals surface area contributed by atoms with Crippen molar-refractivity contribution in [1.82, 2.24) is 20.9 Å². The fourth-order valence-electron chi connectivity index (χ4n) is 4.91. The third-order valence-electron chi connectivity index (χ3n) is 8.05. The summed E-state index contributed by atoms with van der Waals surface area (Å²) in [5, 5.41) is 7.56. The summed E-state index contributed by atoms with van der Waals surface area (Å²) >= 11 is 9.28. The third-order valence-corrected chi connectivity index (χ3v) is 8.05. The first-order valence-corrected chi connectivity index (χ1v) is 19.5. The third kappa shape index (κ3) is 27.1. The van der Waals surface area contributed by atoms with Gasteiger partial charge in [-0.1, -0.05) is 93.1 Å². The lowest BCUT2D eigenvalue weighted by atomic mass is 9.92. The number of alkyl carbamates (subject to hydrolysis) is 1. The van der Waals surface area contributed by atoms with Gasteiger partial charge in [0.15, 0.2) is 0 Å². The second-order valence-electron chi connectivity index (χ2n) is 12.2. The van der Waals surface area contributed by atoms with Gasteiger partial charge < -0.3 is 25.6 Å². The molecule has 0 bridgehead atoms. The number of ketones is 1. The lowest BCUT2D eigenvalue weighted by Gasteiger charge is -2.29. The van der Waals surface area contributed by atoms with E-state index in [4.69, 9.17) is 4.74 Å². The Morgan fingerprint density at radius 3 is 1.98 bits per heavy atom. The van der Waals surface area contributed by atoms with Crippen LogP contribution in [0.3, 0.4) is 0 Å². The number of nitrogens with one attached hydrogen (secondary N) is 3. The van der Waals surface area contributed by atoms with Crippen LogP contribution in [0.2, 0.25) is 0 Å². The van der Waals surface area contributed by atoms with Crippen LogP contribution < -0.4 is 16.0 Å².